The zero-order valence-corrected chi connectivity index (χ0v) is 6.56. The minimum Gasteiger partial charge on any atom is -0.470 e. The van der Waals surface area contributed by atoms with Crippen molar-refractivity contribution < 1.29 is 4.74 Å². The molecule has 0 N–H and O–H groups in total. The fourth-order valence-corrected chi connectivity index (χ4v) is 0.288. The fraction of sp³-hybridized carbons (Fsp3) is 0.500. The Morgan fingerprint density at radius 1 is 1.22 bits per heavy atom. The summed E-state index contributed by atoms with van der Waals surface area (Å²) >= 11 is 0. The summed E-state index contributed by atoms with van der Waals surface area (Å²) in [4.78, 5) is 0. The zero-order valence-electron chi connectivity index (χ0n) is 6.56. The SMILES string of the molecule is C/C=C\OC(C)=C(C)C. The molecule has 0 aromatic heterocycles. The molecule has 0 spiro atoms. The van der Waals surface area contributed by atoms with Gasteiger partial charge in [0.1, 0.15) is 0 Å². The molecular weight excluding hydrogens is 112 g/mol. The van der Waals surface area contributed by atoms with Crippen LogP contribution in [0.3, 0.4) is 0 Å². The zero-order chi connectivity index (χ0) is 7.28. The highest BCUT2D eigenvalue weighted by Gasteiger charge is 1.86. The standard InChI is InChI=1S/C8H14O/c1-5-6-9-8(4)7(2)3/h5-6H,1-4H3/b6-5-. The highest BCUT2D eigenvalue weighted by atomic mass is 16.5. The summed E-state index contributed by atoms with van der Waals surface area (Å²) in [5.74, 6) is 0.980. The molecule has 1 heteroatoms. The molecule has 1 nitrogen and oxygen atoms in total. The van der Waals surface area contributed by atoms with Gasteiger partial charge in [0.15, 0.2) is 0 Å². The van der Waals surface area contributed by atoms with Crippen LogP contribution in [0.5, 0.6) is 0 Å². The van der Waals surface area contributed by atoms with Gasteiger partial charge in [0.05, 0.1) is 12.0 Å². The molecule has 0 atom stereocenters. The number of hydrogen-bond donors (Lipinski definition) is 0. The van der Waals surface area contributed by atoms with Gasteiger partial charge in [-0.2, -0.15) is 0 Å². The van der Waals surface area contributed by atoms with Gasteiger partial charge in [-0.25, -0.2) is 0 Å². The summed E-state index contributed by atoms with van der Waals surface area (Å²) < 4.78 is 5.15. The maximum atomic E-state index is 5.15. The molecule has 0 bridgehead atoms. The highest BCUT2D eigenvalue weighted by Crippen LogP contribution is 2.02. The van der Waals surface area contributed by atoms with Crippen molar-refractivity contribution in [2.24, 2.45) is 0 Å². The molecule has 0 aliphatic carbocycles. The largest absolute Gasteiger partial charge is 0.470 e. The van der Waals surface area contributed by atoms with Gasteiger partial charge < -0.3 is 4.74 Å². The molecule has 0 amide bonds. The Hall–Kier alpha value is -0.720. The van der Waals surface area contributed by atoms with Crippen LogP contribution in [0.15, 0.2) is 23.7 Å². The molecule has 0 saturated carbocycles. The molecular formula is C8H14O. The lowest BCUT2D eigenvalue weighted by Gasteiger charge is -1.99. The molecule has 0 aromatic carbocycles. The van der Waals surface area contributed by atoms with Crippen LogP contribution in [0.25, 0.3) is 0 Å². The van der Waals surface area contributed by atoms with Crippen LogP contribution >= 0.6 is 0 Å². The molecule has 0 saturated heterocycles. The van der Waals surface area contributed by atoms with Gasteiger partial charge in [0, 0.05) is 0 Å². The molecule has 0 heterocycles. The van der Waals surface area contributed by atoms with Crippen LogP contribution in [0, 0.1) is 0 Å². The fourth-order valence-electron chi connectivity index (χ4n) is 0.288. The minimum absolute atomic E-state index is 0.980. The predicted molar refractivity (Wildman–Crippen MR) is 39.9 cm³/mol. The van der Waals surface area contributed by atoms with E-state index < -0.39 is 0 Å². The van der Waals surface area contributed by atoms with E-state index in [-0.39, 0.29) is 0 Å². The molecule has 0 aromatic rings. The first-order valence-electron chi connectivity index (χ1n) is 3.10. The first kappa shape index (κ1) is 8.28. The van der Waals surface area contributed by atoms with Gasteiger partial charge in [-0.05, 0) is 33.3 Å². The molecule has 0 rings (SSSR count). The van der Waals surface area contributed by atoms with Crippen LogP contribution in [0.1, 0.15) is 27.7 Å². The lowest BCUT2D eigenvalue weighted by molar-refractivity contribution is 0.347. The van der Waals surface area contributed by atoms with Crippen LogP contribution in [0.4, 0.5) is 0 Å². The van der Waals surface area contributed by atoms with E-state index in [4.69, 9.17) is 4.74 Å². The van der Waals surface area contributed by atoms with E-state index in [9.17, 15) is 0 Å². The quantitative estimate of drug-likeness (QED) is 0.517. The van der Waals surface area contributed by atoms with Crippen LogP contribution in [0.2, 0.25) is 0 Å². The Morgan fingerprint density at radius 2 is 1.78 bits per heavy atom. The Kier molecular flexibility index (Phi) is 3.85. The van der Waals surface area contributed by atoms with Gasteiger partial charge in [0.2, 0.25) is 0 Å². The maximum Gasteiger partial charge on any atom is 0.0987 e. The second-order valence-corrected chi connectivity index (χ2v) is 2.14. The molecule has 0 radical (unpaired) electrons. The van der Waals surface area contributed by atoms with E-state index in [1.54, 1.807) is 6.26 Å². The first-order chi connectivity index (χ1) is 4.18. The Morgan fingerprint density at radius 3 is 2.11 bits per heavy atom. The second kappa shape index (κ2) is 4.19. The molecule has 0 aliphatic rings. The third-order valence-corrected chi connectivity index (χ3v) is 1.09. The summed E-state index contributed by atoms with van der Waals surface area (Å²) in [6, 6.07) is 0. The van der Waals surface area contributed by atoms with Crippen molar-refractivity contribution in [3.8, 4) is 0 Å². The second-order valence-electron chi connectivity index (χ2n) is 2.14. The van der Waals surface area contributed by atoms with E-state index in [1.165, 1.54) is 5.57 Å². The van der Waals surface area contributed by atoms with Crippen LogP contribution < -0.4 is 0 Å². The summed E-state index contributed by atoms with van der Waals surface area (Å²) in [5.41, 5.74) is 1.22. The minimum atomic E-state index is 0.980. The Balaban J connectivity index is 3.77. The predicted octanol–water partition coefficient (Wildman–Crippen LogP) is 2.85. The van der Waals surface area contributed by atoms with Crippen molar-refractivity contribution >= 4 is 0 Å². The average Bonchev–Trinajstić information content (AvgIpc) is 1.82. The summed E-state index contributed by atoms with van der Waals surface area (Å²) in [6.45, 7) is 7.94. The first-order valence-corrected chi connectivity index (χ1v) is 3.10. The lowest BCUT2D eigenvalue weighted by atomic mass is 10.3. The normalized spacial score (nSPS) is 9.78. The third kappa shape index (κ3) is 3.83. The van der Waals surface area contributed by atoms with E-state index in [2.05, 4.69) is 0 Å². The van der Waals surface area contributed by atoms with Crippen LogP contribution in [-0.4, -0.2) is 0 Å². The van der Waals surface area contributed by atoms with Crippen molar-refractivity contribution in [1.29, 1.82) is 0 Å². The Bertz CT molecular complexity index is 128. The van der Waals surface area contributed by atoms with Gasteiger partial charge in [-0.1, -0.05) is 6.08 Å². The van der Waals surface area contributed by atoms with Crippen molar-refractivity contribution in [3.05, 3.63) is 23.7 Å². The monoisotopic (exact) mass is 126 g/mol. The summed E-state index contributed by atoms with van der Waals surface area (Å²) in [5, 5.41) is 0. The topological polar surface area (TPSA) is 9.23 Å². The molecule has 0 unspecified atom stereocenters. The molecule has 0 aliphatic heterocycles. The van der Waals surface area contributed by atoms with Gasteiger partial charge in [-0.3, -0.25) is 0 Å². The number of hydrogen-bond acceptors (Lipinski definition) is 1. The van der Waals surface area contributed by atoms with Crippen molar-refractivity contribution in [3.63, 3.8) is 0 Å². The molecule has 0 fully saturated rings. The van der Waals surface area contributed by atoms with Gasteiger partial charge in [-0.15, -0.1) is 0 Å². The van der Waals surface area contributed by atoms with Gasteiger partial charge >= 0.3 is 0 Å². The third-order valence-electron chi connectivity index (χ3n) is 1.09. The van der Waals surface area contributed by atoms with E-state index >= 15 is 0 Å². The van der Waals surface area contributed by atoms with Crippen molar-refractivity contribution in [2.75, 3.05) is 0 Å². The number of rotatable bonds is 2. The maximum absolute atomic E-state index is 5.15. The molecule has 52 valence electrons. The van der Waals surface area contributed by atoms with Crippen molar-refractivity contribution in [1.82, 2.24) is 0 Å². The smallest absolute Gasteiger partial charge is 0.0987 e. The number of allylic oxidation sites excluding steroid dienone is 3. The lowest BCUT2D eigenvalue weighted by Crippen LogP contribution is -1.80. The van der Waals surface area contributed by atoms with Crippen LogP contribution in [-0.2, 0) is 4.74 Å². The summed E-state index contributed by atoms with van der Waals surface area (Å²) in [6.07, 6.45) is 3.55. The molecule has 9 heavy (non-hydrogen) atoms. The number of ether oxygens (including phenoxy) is 1. The highest BCUT2D eigenvalue weighted by molar-refractivity contribution is 5.00. The van der Waals surface area contributed by atoms with E-state index in [0.717, 1.165) is 5.76 Å². The summed E-state index contributed by atoms with van der Waals surface area (Å²) in [7, 11) is 0. The average molecular weight is 126 g/mol. The van der Waals surface area contributed by atoms with Gasteiger partial charge in [0.25, 0.3) is 0 Å². The van der Waals surface area contributed by atoms with Crippen molar-refractivity contribution in [2.45, 2.75) is 27.7 Å². The van der Waals surface area contributed by atoms with E-state index in [0.29, 0.717) is 0 Å². The Labute approximate surface area is 57.0 Å². The van der Waals surface area contributed by atoms with E-state index in [1.807, 2.05) is 33.8 Å².